The third kappa shape index (κ3) is 5.05. The van der Waals surface area contributed by atoms with Crippen molar-refractivity contribution in [1.82, 2.24) is 9.21 Å². The molecule has 1 fully saturated rings. The predicted octanol–water partition coefficient (Wildman–Crippen LogP) is 2.75. The molecule has 6 nitrogen and oxygen atoms in total. The molecule has 0 spiro atoms. The summed E-state index contributed by atoms with van der Waals surface area (Å²) in [7, 11) is -2.05. The van der Waals surface area contributed by atoms with E-state index in [-0.39, 0.29) is 16.9 Å². The second kappa shape index (κ2) is 9.48. The van der Waals surface area contributed by atoms with Crippen LogP contribution in [-0.2, 0) is 14.8 Å². The first kappa shape index (κ1) is 20.9. The Bertz CT molecular complexity index is 695. The van der Waals surface area contributed by atoms with Crippen molar-refractivity contribution in [2.75, 3.05) is 33.3 Å². The van der Waals surface area contributed by atoms with Crippen molar-refractivity contribution in [2.24, 2.45) is 0 Å². The van der Waals surface area contributed by atoms with Crippen LogP contribution in [-0.4, -0.2) is 62.9 Å². The molecule has 2 rings (SSSR count). The Balaban J connectivity index is 2.09. The van der Waals surface area contributed by atoms with Gasteiger partial charge in [-0.3, -0.25) is 4.79 Å². The maximum Gasteiger partial charge on any atom is 0.253 e. The summed E-state index contributed by atoms with van der Waals surface area (Å²) in [6, 6.07) is 6.31. The number of carbonyl (C=O) groups excluding carboxylic acids is 1. The van der Waals surface area contributed by atoms with E-state index in [1.165, 1.54) is 10.4 Å². The van der Waals surface area contributed by atoms with Gasteiger partial charge in [-0.25, -0.2) is 12.7 Å². The lowest BCUT2D eigenvalue weighted by atomic mass is 10.1. The Labute approximate surface area is 157 Å². The maximum atomic E-state index is 12.8. The van der Waals surface area contributed by atoms with Gasteiger partial charge in [-0.2, -0.15) is 0 Å². The highest BCUT2D eigenvalue weighted by Gasteiger charge is 2.24. The Morgan fingerprint density at radius 2 is 1.96 bits per heavy atom. The van der Waals surface area contributed by atoms with Crippen LogP contribution in [0.25, 0.3) is 0 Å². The van der Waals surface area contributed by atoms with Crippen molar-refractivity contribution in [1.29, 1.82) is 0 Å². The van der Waals surface area contributed by atoms with Gasteiger partial charge in [0.1, 0.15) is 0 Å². The van der Waals surface area contributed by atoms with Crippen molar-refractivity contribution < 1.29 is 17.9 Å². The van der Waals surface area contributed by atoms with Crippen LogP contribution in [0.1, 0.15) is 49.9 Å². The molecule has 1 aromatic rings. The quantitative estimate of drug-likeness (QED) is 0.693. The molecule has 0 saturated carbocycles. The monoisotopic (exact) mass is 382 g/mol. The average molecular weight is 383 g/mol. The molecule has 0 radical (unpaired) electrons. The second-order valence-electron chi connectivity index (χ2n) is 6.61. The zero-order chi connectivity index (χ0) is 19.2. The molecule has 1 heterocycles. The number of nitrogens with zero attached hydrogens (tertiary/aromatic N) is 2. The van der Waals surface area contributed by atoms with E-state index in [1.807, 2.05) is 13.8 Å². The molecule has 7 heteroatoms. The molecule has 0 unspecified atom stereocenters. The average Bonchev–Trinajstić information content (AvgIpc) is 2.67. The van der Waals surface area contributed by atoms with E-state index in [4.69, 9.17) is 4.74 Å². The maximum absolute atomic E-state index is 12.8. The molecule has 1 aromatic carbocycles. The summed E-state index contributed by atoms with van der Waals surface area (Å²) < 4.78 is 32.7. The number of benzene rings is 1. The number of carbonyl (C=O) groups is 1. The van der Waals surface area contributed by atoms with E-state index < -0.39 is 10.0 Å². The van der Waals surface area contributed by atoms with Gasteiger partial charge >= 0.3 is 0 Å². The number of sulfonamides is 1. The van der Waals surface area contributed by atoms with E-state index in [2.05, 4.69) is 0 Å². The first-order chi connectivity index (χ1) is 12.4. The third-order valence-electron chi connectivity index (χ3n) is 4.88. The molecule has 26 heavy (non-hydrogen) atoms. The molecule has 1 saturated heterocycles. The highest BCUT2D eigenvalue weighted by atomic mass is 32.2. The van der Waals surface area contributed by atoms with Crippen molar-refractivity contribution in [2.45, 2.75) is 50.5 Å². The summed E-state index contributed by atoms with van der Waals surface area (Å²) >= 11 is 0. The van der Waals surface area contributed by atoms with Gasteiger partial charge in [0, 0.05) is 38.9 Å². The minimum atomic E-state index is -3.63. The standard InChI is InChI=1S/C19H30N2O4S/c1-4-21(5-2)19(22)16-9-8-11-18(15-16)26(23,24)20(3)13-12-17-10-6-7-14-25-17/h8-9,11,15,17H,4-7,10,12-14H2,1-3H3/t17-/m0/s1. The minimum absolute atomic E-state index is 0.136. The molecule has 1 amide bonds. The molecule has 0 N–H and O–H groups in total. The fourth-order valence-corrected chi connectivity index (χ4v) is 4.38. The summed E-state index contributed by atoms with van der Waals surface area (Å²) in [5.41, 5.74) is 0.402. The smallest absolute Gasteiger partial charge is 0.253 e. The number of hydrogen-bond donors (Lipinski definition) is 0. The third-order valence-corrected chi connectivity index (χ3v) is 6.73. The summed E-state index contributed by atoms with van der Waals surface area (Å²) in [6.07, 6.45) is 4.03. The van der Waals surface area contributed by atoms with E-state index in [0.717, 1.165) is 25.9 Å². The Kier molecular flexibility index (Phi) is 7.61. The lowest BCUT2D eigenvalue weighted by Gasteiger charge is -2.25. The SMILES string of the molecule is CCN(CC)C(=O)c1cccc(S(=O)(=O)N(C)CC[C@@H]2CCCCO2)c1. The Morgan fingerprint density at radius 1 is 1.23 bits per heavy atom. The number of rotatable bonds is 8. The predicted molar refractivity (Wildman–Crippen MR) is 102 cm³/mol. The van der Waals surface area contributed by atoms with Crippen molar-refractivity contribution >= 4 is 15.9 Å². The largest absolute Gasteiger partial charge is 0.378 e. The number of hydrogen-bond acceptors (Lipinski definition) is 4. The summed E-state index contributed by atoms with van der Waals surface area (Å²) in [5.74, 6) is -0.148. The van der Waals surface area contributed by atoms with Crippen LogP contribution in [0.3, 0.4) is 0 Å². The molecule has 1 atom stereocenters. The van der Waals surface area contributed by atoms with E-state index in [9.17, 15) is 13.2 Å². The van der Waals surface area contributed by atoms with Crippen molar-refractivity contribution in [3.8, 4) is 0 Å². The van der Waals surface area contributed by atoms with Crippen molar-refractivity contribution in [3.63, 3.8) is 0 Å². The molecule has 0 bridgehead atoms. The van der Waals surface area contributed by atoms with Crippen LogP contribution >= 0.6 is 0 Å². The second-order valence-corrected chi connectivity index (χ2v) is 8.65. The molecular weight excluding hydrogens is 352 g/mol. The normalized spacial score (nSPS) is 18.1. The van der Waals surface area contributed by atoms with Gasteiger partial charge in [0.05, 0.1) is 11.0 Å². The number of amides is 1. The van der Waals surface area contributed by atoms with Crippen LogP contribution in [0, 0.1) is 0 Å². The van der Waals surface area contributed by atoms with Crippen LogP contribution in [0.4, 0.5) is 0 Å². The summed E-state index contributed by atoms with van der Waals surface area (Å²) in [4.78, 5) is 14.3. The fraction of sp³-hybridized carbons (Fsp3) is 0.632. The minimum Gasteiger partial charge on any atom is -0.378 e. The van der Waals surface area contributed by atoms with Gasteiger partial charge in [0.25, 0.3) is 5.91 Å². The number of ether oxygens (including phenoxy) is 1. The lowest BCUT2D eigenvalue weighted by Crippen LogP contribution is -2.32. The first-order valence-corrected chi connectivity index (χ1v) is 10.8. The highest BCUT2D eigenvalue weighted by molar-refractivity contribution is 7.89. The van der Waals surface area contributed by atoms with E-state index in [1.54, 1.807) is 30.1 Å². The molecule has 1 aliphatic rings. The summed E-state index contributed by atoms with van der Waals surface area (Å²) in [6.45, 7) is 6.16. The van der Waals surface area contributed by atoms with Crippen LogP contribution < -0.4 is 0 Å². The van der Waals surface area contributed by atoms with Crippen LogP contribution in [0.5, 0.6) is 0 Å². The molecular formula is C19H30N2O4S. The summed E-state index contributed by atoms with van der Waals surface area (Å²) in [5, 5.41) is 0. The molecule has 0 aliphatic carbocycles. The Morgan fingerprint density at radius 3 is 2.58 bits per heavy atom. The molecule has 146 valence electrons. The molecule has 1 aliphatic heterocycles. The first-order valence-electron chi connectivity index (χ1n) is 9.37. The van der Waals surface area contributed by atoms with Gasteiger partial charge in [-0.1, -0.05) is 6.07 Å². The fourth-order valence-electron chi connectivity index (χ4n) is 3.14. The van der Waals surface area contributed by atoms with Gasteiger partial charge in [-0.15, -0.1) is 0 Å². The van der Waals surface area contributed by atoms with Crippen molar-refractivity contribution in [3.05, 3.63) is 29.8 Å². The zero-order valence-electron chi connectivity index (χ0n) is 16.0. The Hall–Kier alpha value is -1.44. The zero-order valence-corrected chi connectivity index (χ0v) is 16.8. The van der Waals surface area contributed by atoms with Crippen LogP contribution in [0.15, 0.2) is 29.2 Å². The lowest BCUT2D eigenvalue weighted by molar-refractivity contribution is 0.00950. The van der Waals surface area contributed by atoms with Gasteiger partial charge in [0.2, 0.25) is 10.0 Å². The van der Waals surface area contributed by atoms with Gasteiger partial charge in [-0.05, 0) is 57.7 Å². The van der Waals surface area contributed by atoms with E-state index >= 15 is 0 Å². The molecule has 0 aromatic heterocycles. The topological polar surface area (TPSA) is 66.9 Å². The highest BCUT2D eigenvalue weighted by Crippen LogP contribution is 2.20. The van der Waals surface area contributed by atoms with E-state index in [0.29, 0.717) is 31.6 Å². The van der Waals surface area contributed by atoms with Gasteiger partial charge < -0.3 is 9.64 Å². The van der Waals surface area contributed by atoms with Crippen LogP contribution in [0.2, 0.25) is 0 Å². The van der Waals surface area contributed by atoms with Gasteiger partial charge in [0.15, 0.2) is 0 Å².